The summed E-state index contributed by atoms with van der Waals surface area (Å²) in [5.41, 5.74) is 0. The Morgan fingerprint density at radius 2 is 2.29 bits per heavy atom. The van der Waals surface area contributed by atoms with Crippen molar-refractivity contribution >= 4 is 12.2 Å². The fourth-order valence-electron chi connectivity index (χ4n) is 2.13. The van der Waals surface area contributed by atoms with Crippen molar-refractivity contribution in [3.63, 3.8) is 0 Å². The van der Waals surface area contributed by atoms with Crippen LogP contribution in [0.2, 0.25) is 0 Å². The molecule has 0 unspecified atom stereocenters. The minimum atomic E-state index is 0.380. The molecule has 1 aliphatic rings. The van der Waals surface area contributed by atoms with Crippen LogP contribution >= 0.6 is 12.2 Å². The lowest BCUT2D eigenvalue weighted by atomic mass is 9.81. The van der Waals surface area contributed by atoms with Crippen LogP contribution in [-0.4, -0.2) is 41.2 Å². The lowest BCUT2D eigenvalue weighted by Crippen LogP contribution is -2.31. The zero-order valence-corrected chi connectivity index (χ0v) is 11.1. The molecular weight excluding hydrogens is 238 g/mol. The minimum Gasteiger partial charge on any atom is -0.381 e. The molecule has 0 radical (unpaired) electrons. The first kappa shape index (κ1) is 12.7. The SMILES string of the molecule is CCOCCn1c(C2CC(OC)C2)n[nH]c1=S. The van der Waals surface area contributed by atoms with Gasteiger partial charge in [-0.2, -0.15) is 5.10 Å². The van der Waals surface area contributed by atoms with E-state index in [1.165, 1.54) is 0 Å². The van der Waals surface area contributed by atoms with E-state index in [1.807, 2.05) is 11.5 Å². The fraction of sp³-hybridized carbons (Fsp3) is 0.818. The molecular formula is C11H19N3O2S. The van der Waals surface area contributed by atoms with Gasteiger partial charge in [-0.3, -0.25) is 5.10 Å². The molecule has 0 bridgehead atoms. The molecule has 0 saturated heterocycles. The molecule has 0 atom stereocenters. The standard InChI is InChI=1S/C11H19N3O2S/c1-3-16-5-4-14-10(12-13-11(14)17)8-6-9(7-8)15-2/h8-9H,3-7H2,1-2H3,(H,13,17). The van der Waals surface area contributed by atoms with Crippen LogP contribution in [0.3, 0.4) is 0 Å². The number of nitrogens with zero attached hydrogens (tertiary/aromatic N) is 2. The summed E-state index contributed by atoms with van der Waals surface area (Å²) in [7, 11) is 1.76. The Balaban J connectivity index is 2.00. The van der Waals surface area contributed by atoms with Gasteiger partial charge in [0.1, 0.15) is 5.82 Å². The average molecular weight is 257 g/mol. The number of nitrogens with one attached hydrogen (secondary N) is 1. The van der Waals surface area contributed by atoms with E-state index in [1.54, 1.807) is 7.11 Å². The van der Waals surface area contributed by atoms with Gasteiger partial charge >= 0.3 is 0 Å². The molecule has 6 heteroatoms. The quantitative estimate of drug-likeness (QED) is 0.624. The van der Waals surface area contributed by atoms with Crippen LogP contribution in [-0.2, 0) is 16.0 Å². The van der Waals surface area contributed by atoms with E-state index in [4.69, 9.17) is 21.7 Å². The number of H-pyrrole nitrogens is 1. The molecule has 0 amide bonds. The zero-order valence-electron chi connectivity index (χ0n) is 10.3. The molecule has 17 heavy (non-hydrogen) atoms. The second-order valence-electron chi connectivity index (χ2n) is 4.26. The molecule has 1 aliphatic carbocycles. The molecule has 5 nitrogen and oxygen atoms in total. The molecule has 1 saturated carbocycles. The van der Waals surface area contributed by atoms with Gasteiger partial charge in [-0.05, 0) is 32.0 Å². The van der Waals surface area contributed by atoms with Crippen molar-refractivity contribution in [3.05, 3.63) is 10.6 Å². The van der Waals surface area contributed by atoms with Gasteiger partial charge in [0.25, 0.3) is 0 Å². The minimum absolute atomic E-state index is 0.380. The molecule has 1 fully saturated rings. The summed E-state index contributed by atoms with van der Waals surface area (Å²) in [6.45, 7) is 4.17. The predicted molar refractivity (Wildman–Crippen MR) is 66.7 cm³/mol. The first-order chi connectivity index (χ1) is 8.26. The van der Waals surface area contributed by atoms with Gasteiger partial charge in [-0.1, -0.05) is 0 Å². The summed E-state index contributed by atoms with van der Waals surface area (Å²) in [5, 5.41) is 7.19. The van der Waals surface area contributed by atoms with Gasteiger partial charge < -0.3 is 14.0 Å². The summed E-state index contributed by atoms with van der Waals surface area (Å²) in [6, 6.07) is 0. The van der Waals surface area contributed by atoms with Crippen molar-refractivity contribution in [3.8, 4) is 0 Å². The Bertz CT molecular complexity index is 409. The maximum Gasteiger partial charge on any atom is 0.195 e. The van der Waals surface area contributed by atoms with Gasteiger partial charge in [0.2, 0.25) is 0 Å². The highest BCUT2D eigenvalue weighted by Crippen LogP contribution is 2.37. The number of aromatic nitrogens is 3. The number of rotatable bonds is 6. The highest BCUT2D eigenvalue weighted by Gasteiger charge is 2.33. The van der Waals surface area contributed by atoms with E-state index < -0.39 is 0 Å². The third kappa shape index (κ3) is 2.75. The normalized spacial score (nSPS) is 23.6. The second kappa shape index (κ2) is 5.75. The number of hydrogen-bond donors (Lipinski definition) is 1. The van der Waals surface area contributed by atoms with Gasteiger partial charge in [0, 0.05) is 19.6 Å². The van der Waals surface area contributed by atoms with E-state index >= 15 is 0 Å². The van der Waals surface area contributed by atoms with E-state index in [2.05, 4.69) is 10.2 Å². The summed E-state index contributed by atoms with van der Waals surface area (Å²) in [6.07, 6.45) is 2.45. The Morgan fingerprint density at radius 3 is 2.94 bits per heavy atom. The number of ether oxygens (including phenoxy) is 2. The molecule has 2 rings (SSSR count). The van der Waals surface area contributed by atoms with Gasteiger partial charge in [0.05, 0.1) is 19.3 Å². The van der Waals surface area contributed by atoms with Gasteiger partial charge in [-0.15, -0.1) is 0 Å². The lowest BCUT2D eigenvalue weighted by molar-refractivity contribution is 0.0223. The van der Waals surface area contributed by atoms with Crippen molar-refractivity contribution in [1.29, 1.82) is 0 Å². The van der Waals surface area contributed by atoms with Crippen LogP contribution in [0.1, 0.15) is 31.5 Å². The topological polar surface area (TPSA) is 52.1 Å². The lowest BCUT2D eigenvalue weighted by Gasteiger charge is -2.33. The third-order valence-corrected chi connectivity index (χ3v) is 3.56. The van der Waals surface area contributed by atoms with Crippen molar-refractivity contribution in [2.45, 2.75) is 38.3 Å². The number of aromatic amines is 1. The Hall–Kier alpha value is -0.720. The molecule has 1 heterocycles. The van der Waals surface area contributed by atoms with Crippen molar-refractivity contribution in [2.24, 2.45) is 0 Å². The Morgan fingerprint density at radius 1 is 1.53 bits per heavy atom. The van der Waals surface area contributed by atoms with Crippen molar-refractivity contribution < 1.29 is 9.47 Å². The van der Waals surface area contributed by atoms with Crippen molar-refractivity contribution in [2.75, 3.05) is 20.3 Å². The van der Waals surface area contributed by atoms with Crippen molar-refractivity contribution in [1.82, 2.24) is 14.8 Å². The maximum atomic E-state index is 5.36. The molecule has 96 valence electrons. The van der Waals surface area contributed by atoms with Crippen LogP contribution < -0.4 is 0 Å². The first-order valence-corrected chi connectivity index (χ1v) is 6.42. The Kier molecular flexibility index (Phi) is 4.31. The Labute approximate surface area is 106 Å². The highest BCUT2D eigenvalue weighted by molar-refractivity contribution is 7.71. The largest absolute Gasteiger partial charge is 0.381 e. The molecule has 1 aromatic rings. The summed E-state index contributed by atoms with van der Waals surface area (Å²) in [5.74, 6) is 1.51. The van der Waals surface area contributed by atoms with Crippen LogP contribution in [0.15, 0.2) is 0 Å². The number of hydrogen-bond acceptors (Lipinski definition) is 4. The monoisotopic (exact) mass is 257 g/mol. The fourth-order valence-corrected chi connectivity index (χ4v) is 2.36. The van der Waals surface area contributed by atoms with Gasteiger partial charge in [-0.25, -0.2) is 0 Å². The summed E-state index contributed by atoms with van der Waals surface area (Å²) in [4.78, 5) is 0. The van der Waals surface area contributed by atoms with Crippen LogP contribution in [0.5, 0.6) is 0 Å². The van der Waals surface area contributed by atoms with E-state index in [-0.39, 0.29) is 0 Å². The third-order valence-electron chi connectivity index (χ3n) is 3.24. The van der Waals surface area contributed by atoms with E-state index in [9.17, 15) is 0 Å². The average Bonchev–Trinajstić information content (AvgIpc) is 2.61. The molecule has 1 aromatic heterocycles. The summed E-state index contributed by atoms with van der Waals surface area (Å²) >= 11 is 5.23. The zero-order chi connectivity index (χ0) is 12.3. The van der Waals surface area contributed by atoms with Crippen LogP contribution in [0.4, 0.5) is 0 Å². The molecule has 1 N–H and O–H groups in total. The molecule has 0 spiro atoms. The predicted octanol–water partition coefficient (Wildman–Crippen LogP) is 1.87. The second-order valence-corrected chi connectivity index (χ2v) is 4.65. The van der Waals surface area contributed by atoms with Gasteiger partial charge in [0.15, 0.2) is 4.77 Å². The maximum absolute atomic E-state index is 5.36. The van der Waals surface area contributed by atoms with E-state index in [0.717, 1.165) is 31.8 Å². The van der Waals surface area contributed by atoms with Crippen LogP contribution in [0, 0.1) is 4.77 Å². The van der Waals surface area contributed by atoms with E-state index in [0.29, 0.717) is 23.4 Å². The molecule has 0 aromatic carbocycles. The van der Waals surface area contributed by atoms with Crippen LogP contribution in [0.25, 0.3) is 0 Å². The number of methoxy groups -OCH3 is 1. The molecule has 0 aliphatic heterocycles. The summed E-state index contributed by atoms with van der Waals surface area (Å²) < 4.78 is 13.4. The smallest absolute Gasteiger partial charge is 0.195 e. The first-order valence-electron chi connectivity index (χ1n) is 6.01. The highest BCUT2D eigenvalue weighted by atomic mass is 32.1.